The van der Waals surface area contributed by atoms with Crippen LogP contribution in [0.5, 0.6) is 0 Å². The van der Waals surface area contributed by atoms with Crippen molar-refractivity contribution in [1.29, 1.82) is 5.26 Å². The SMILES string of the molecule is CC(Nc1ccc(C#N)cc1)C1CCCNC1. The van der Waals surface area contributed by atoms with Crippen LogP contribution < -0.4 is 10.6 Å². The molecule has 1 aliphatic heterocycles. The third kappa shape index (κ3) is 3.21. The fraction of sp³-hybridized carbons (Fsp3) is 0.500. The van der Waals surface area contributed by atoms with Gasteiger partial charge in [-0.3, -0.25) is 0 Å². The lowest BCUT2D eigenvalue weighted by atomic mass is 9.92. The number of piperidine rings is 1. The summed E-state index contributed by atoms with van der Waals surface area (Å²) in [4.78, 5) is 0. The number of hydrogen-bond acceptors (Lipinski definition) is 3. The molecule has 2 N–H and O–H groups in total. The lowest BCUT2D eigenvalue weighted by Gasteiger charge is -2.29. The summed E-state index contributed by atoms with van der Waals surface area (Å²) >= 11 is 0. The number of rotatable bonds is 3. The van der Waals surface area contributed by atoms with Crippen molar-refractivity contribution in [3.8, 4) is 6.07 Å². The predicted octanol–water partition coefficient (Wildman–Crippen LogP) is 2.36. The summed E-state index contributed by atoms with van der Waals surface area (Å²) in [6.45, 7) is 4.49. The maximum atomic E-state index is 8.74. The van der Waals surface area contributed by atoms with Gasteiger partial charge in [0.25, 0.3) is 0 Å². The Morgan fingerprint density at radius 1 is 1.41 bits per heavy atom. The Balaban J connectivity index is 1.92. The van der Waals surface area contributed by atoms with Crippen LogP contribution in [0, 0.1) is 17.2 Å². The van der Waals surface area contributed by atoms with Crippen molar-refractivity contribution < 1.29 is 0 Å². The smallest absolute Gasteiger partial charge is 0.0991 e. The highest BCUT2D eigenvalue weighted by molar-refractivity contribution is 5.47. The quantitative estimate of drug-likeness (QED) is 0.836. The van der Waals surface area contributed by atoms with Crippen molar-refractivity contribution in [2.45, 2.75) is 25.8 Å². The fourth-order valence-corrected chi connectivity index (χ4v) is 2.33. The summed E-state index contributed by atoms with van der Waals surface area (Å²) in [7, 11) is 0. The van der Waals surface area contributed by atoms with Crippen LogP contribution in [0.15, 0.2) is 24.3 Å². The number of benzene rings is 1. The molecule has 1 aromatic rings. The molecule has 0 radical (unpaired) electrons. The normalized spacial score (nSPS) is 21.5. The van der Waals surface area contributed by atoms with E-state index in [4.69, 9.17) is 5.26 Å². The number of nitriles is 1. The standard InChI is InChI=1S/C14H19N3/c1-11(13-3-2-8-16-10-13)17-14-6-4-12(9-15)5-7-14/h4-7,11,13,16-17H,2-3,8,10H2,1H3. The maximum Gasteiger partial charge on any atom is 0.0991 e. The molecular weight excluding hydrogens is 210 g/mol. The zero-order valence-electron chi connectivity index (χ0n) is 10.2. The summed E-state index contributed by atoms with van der Waals surface area (Å²) < 4.78 is 0. The first-order valence-electron chi connectivity index (χ1n) is 6.27. The van der Waals surface area contributed by atoms with Gasteiger partial charge in [-0.15, -0.1) is 0 Å². The van der Waals surface area contributed by atoms with E-state index < -0.39 is 0 Å². The zero-order chi connectivity index (χ0) is 12.1. The molecule has 0 spiro atoms. The number of nitrogens with zero attached hydrogens (tertiary/aromatic N) is 1. The van der Waals surface area contributed by atoms with Crippen LogP contribution in [-0.4, -0.2) is 19.1 Å². The summed E-state index contributed by atoms with van der Waals surface area (Å²) in [5.41, 5.74) is 1.81. The molecule has 0 saturated carbocycles. The Morgan fingerprint density at radius 3 is 2.76 bits per heavy atom. The van der Waals surface area contributed by atoms with Crippen LogP contribution in [0.25, 0.3) is 0 Å². The van der Waals surface area contributed by atoms with Gasteiger partial charge in [0.2, 0.25) is 0 Å². The Hall–Kier alpha value is -1.53. The fourth-order valence-electron chi connectivity index (χ4n) is 2.33. The van der Waals surface area contributed by atoms with Gasteiger partial charge in [0.1, 0.15) is 0 Å². The molecule has 1 aromatic carbocycles. The van der Waals surface area contributed by atoms with E-state index in [2.05, 4.69) is 23.6 Å². The van der Waals surface area contributed by atoms with Crippen LogP contribution in [-0.2, 0) is 0 Å². The number of nitrogens with one attached hydrogen (secondary N) is 2. The van der Waals surface area contributed by atoms with Gasteiger partial charge in [-0.25, -0.2) is 0 Å². The largest absolute Gasteiger partial charge is 0.382 e. The van der Waals surface area contributed by atoms with E-state index in [0.29, 0.717) is 17.5 Å². The van der Waals surface area contributed by atoms with Crippen LogP contribution in [0.1, 0.15) is 25.3 Å². The summed E-state index contributed by atoms with van der Waals surface area (Å²) in [6.07, 6.45) is 2.56. The van der Waals surface area contributed by atoms with Gasteiger partial charge < -0.3 is 10.6 Å². The summed E-state index contributed by atoms with van der Waals surface area (Å²) in [5.74, 6) is 0.694. The minimum absolute atomic E-state index is 0.468. The lowest BCUT2D eigenvalue weighted by Crippen LogP contribution is -2.38. The molecule has 0 aliphatic carbocycles. The van der Waals surface area contributed by atoms with Gasteiger partial charge in [0.15, 0.2) is 0 Å². The summed E-state index contributed by atoms with van der Waals surface area (Å²) in [6, 6.07) is 10.3. The molecule has 1 fully saturated rings. The molecule has 2 rings (SSSR count). The lowest BCUT2D eigenvalue weighted by molar-refractivity contribution is 0.347. The van der Waals surface area contributed by atoms with Crippen molar-refractivity contribution >= 4 is 5.69 Å². The molecule has 17 heavy (non-hydrogen) atoms. The highest BCUT2D eigenvalue weighted by atomic mass is 15.0. The van der Waals surface area contributed by atoms with Crippen LogP contribution in [0.2, 0.25) is 0 Å². The Kier molecular flexibility index (Phi) is 4.00. The molecule has 90 valence electrons. The van der Waals surface area contributed by atoms with E-state index in [0.717, 1.165) is 18.8 Å². The van der Waals surface area contributed by atoms with Crippen molar-refractivity contribution in [2.75, 3.05) is 18.4 Å². The molecular formula is C14H19N3. The second-order valence-corrected chi connectivity index (χ2v) is 4.73. The highest BCUT2D eigenvalue weighted by Crippen LogP contribution is 2.18. The van der Waals surface area contributed by atoms with Crippen molar-refractivity contribution in [1.82, 2.24) is 5.32 Å². The zero-order valence-corrected chi connectivity index (χ0v) is 10.2. The molecule has 1 heterocycles. The molecule has 1 saturated heterocycles. The Labute approximate surface area is 103 Å². The minimum atomic E-state index is 0.468. The monoisotopic (exact) mass is 229 g/mol. The highest BCUT2D eigenvalue weighted by Gasteiger charge is 2.19. The minimum Gasteiger partial charge on any atom is -0.382 e. The van der Waals surface area contributed by atoms with Gasteiger partial charge >= 0.3 is 0 Å². The van der Waals surface area contributed by atoms with Crippen molar-refractivity contribution in [3.05, 3.63) is 29.8 Å². The first-order chi connectivity index (χ1) is 8.29. The van der Waals surface area contributed by atoms with Gasteiger partial charge in [0.05, 0.1) is 11.6 Å². The van der Waals surface area contributed by atoms with E-state index in [1.54, 1.807) is 0 Å². The average molecular weight is 229 g/mol. The van der Waals surface area contributed by atoms with Gasteiger partial charge in [-0.2, -0.15) is 5.26 Å². The molecule has 1 aliphatic rings. The maximum absolute atomic E-state index is 8.74. The average Bonchev–Trinajstić information content (AvgIpc) is 2.40. The predicted molar refractivity (Wildman–Crippen MR) is 69.8 cm³/mol. The number of anilines is 1. The van der Waals surface area contributed by atoms with E-state index in [-0.39, 0.29) is 0 Å². The second kappa shape index (κ2) is 5.70. The molecule has 0 amide bonds. The second-order valence-electron chi connectivity index (χ2n) is 4.73. The van der Waals surface area contributed by atoms with E-state index in [1.165, 1.54) is 12.8 Å². The first kappa shape index (κ1) is 11.9. The van der Waals surface area contributed by atoms with Gasteiger partial charge in [0, 0.05) is 11.7 Å². The molecule has 3 heteroatoms. The number of hydrogen-bond donors (Lipinski definition) is 2. The molecule has 2 unspecified atom stereocenters. The molecule has 3 nitrogen and oxygen atoms in total. The summed E-state index contributed by atoms with van der Waals surface area (Å²) in [5, 5.41) is 15.7. The van der Waals surface area contributed by atoms with Crippen molar-refractivity contribution in [2.24, 2.45) is 5.92 Å². The van der Waals surface area contributed by atoms with Crippen molar-refractivity contribution in [3.63, 3.8) is 0 Å². The first-order valence-corrected chi connectivity index (χ1v) is 6.27. The van der Waals surface area contributed by atoms with Crippen LogP contribution in [0.3, 0.4) is 0 Å². The molecule has 0 bridgehead atoms. The van der Waals surface area contributed by atoms with Gasteiger partial charge in [-0.05, 0) is 63.0 Å². The third-order valence-corrected chi connectivity index (χ3v) is 3.45. The van der Waals surface area contributed by atoms with E-state index in [1.807, 2.05) is 24.3 Å². The van der Waals surface area contributed by atoms with Crippen LogP contribution in [0.4, 0.5) is 5.69 Å². The van der Waals surface area contributed by atoms with E-state index in [9.17, 15) is 0 Å². The molecule has 2 atom stereocenters. The Morgan fingerprint density at radius 2 is 2.18 bits per heavy atom. The Bertz CT molecular complexity index is 385. The molecule has 0 aromatic heterocycles. The topological polar surface area (TPSA) is 47.9 Å². The third-order valence-electron chi connectivity index (χ3n) is 3.45. The van der Waals surface area contributed by atoms with E-state index >= 15 is 0 Å². The van der Waals surface area contributed by atoms with Gasteiger partial charge in [-0.1, -0.05) is 0 Å². The van der Waals surface area contributed by atoms with Crippen LogP contribution >= 0.6 is 0 Å².